The Kier molecular flexibility index (Phi) is 8.64. The van der Waals surface area contributed by atoms with Gasteiger partial charge >= 0.3 is 6.09 Å². The zero-order valence-corrected chi connectivity index (χ0v) is 21.2. The van der Waals surface area contributed by atoms with Gasteiger partial charge in [0.1, 0.15) is 11.5 Å². The van der Waals surface area contributed by atoms with Crippen molar-refractivity contribution in [1.29, 1.82) is 0 Å². The Hall–Kier alpha value is -4.04. The summed E-state index contributed by atoms with van der Waals surface area (Å²) in [5.74, 6) is 1.10. The molecule has 194 valence electrons. The molecule has 0 aromatic heterocycles. The highest BCUT2D eigenvalue weighted by Crippen LogP contribution is 2.27. The maximum atomic E-state index is 13.7. The summed E-state index contributed by atoms with van der Waals surface area (Å²) in [6.45, 7) is 2.79. The van der Waals surface area contributed by atoms with Gasteiger partial charge < -0.3 is 24.4 Å². The van der Waals surface area contributed by atoms with Gasteiger partial charge in [0.15, 0.2) is 0 Å². The van der Waals surface area contributed by atoms with Crippen LogP contribution in [0.4, 0.5) is 4.79 Å². The van der Waals surface area contributed by atoms with E-state index in [2.05, 4.69) is 17.0 Å². The zero-order valence-electron chi connectivity index (χ0n) is 21.2. The van der Waals surface area contributed by atoms with Crippen LogP contribution in [0.1, 0.15) is 21.5 Å². The van der Waals surface area contributed by atoms with Gasteiger partial charge in [-0.2, -0.15) is 0 Å². The van der Waals surface area contributed by atoms with E-state index in [1.54, 1.807) is 37.3 Å². The molecule has 0 saturated carbocycles. The highest BCUT2D eigenvalue weighted by molar-refractivity contribution is 5.94. The number of nitrogens with zero attached hydrogens (tertiary/aromatic N) is 3. The summed E-state index contributed by atoms with van der Waals surface area (Å²) < 4.78 is 10.9. The highest BCUT2D eigenvalue weighted by atomic mass is 16.5. The van der Waals surface area contributed by atoms with Gasteiger partial charge in [-0.05, 0) is 29.8 Å². The molecule has 4 rings (SSSR count). The van der Waals surface area contributed by atoms with Crippen LogP contribution in [0.15, 0.2) is 78.9 Å². The second-order valence-electron chi connectivity index (χ2n) is 9.08. The lowest BCUT2D eigenvalue weighted by Crippen LogP contribution is -2.58. The van der Waals surface area contributed by atoms with Gasteiger partial charge in [-0.15, -0.1) is 0 Å². The minimum absolute atomic E-state index is 0.163. The van der Waals surface area contributed by atoms with Crippen LogP contribution >= 0.6 is 0 Å². The number of hydrogen-bond donors (Lipinski definition) is 1. The molecule has 8 heteroatoms. The topological polar surface area (TPSA) is 82.5 Å². The van der Waals surface area contributed by atoms with E-state index >= 15 is 0 Å². The van der Waals surface area contributed by atoms with Crippen molar-refractivity contribution in [2.24, 2.45) is 0 Å². The summed E-state index contributed by atoms with van der Waals surface area (Å²) in [5, 5.41) is 9.95. The van der Waals surface area contributed by atoms with E-state index in [4.69, 9.17) is 9.47 Å². The molecule has 3 aromatic carbocycles. The number of carbonyl (C=O) groups excluding carboxylic acids is 1. The Labute approximate surface area is 217 Å². The molecule has 1 fully saturated rings. The first kappa shape index (κ1) is 26.0. The van der Waals surface area contributed by atoms with E-state index in [-0.39, 0.29) is 25.0 Å². The number of rotatable bonds is 9. The third kappa shape index (κ3) is 6.59. The molecular formula is C29H33N3O5. The summed E-state index contributed by atoms with van der Waals surface area (Å²) in [5.41, 5.74) is 2.53. The van der Waals surface area contributed by atoms with E-state index < -0.39 is 6.09 Å². The lowest BCUT2D eigenvalue weighted by Gasteiger charge is -2.42. The van der Waals surface area contributed by atoms with Gasteiger partial charge in [0.2, 0.25) is 0 Å². The van der Waals surface area contributed by atoms with Crippen LogP contribution in [0.25, 0.3) is 0 Å². The van der Waals surface area contributed by atoms with E-state index in [0.717, 1.165) is 12.1 Å². The number of methoxy groups -OCH3 is 2. The molecule has 3 aromatic rings. The van der Waals surface area contributed by atoms with Gasteiger partial charge in [-0.25, -0.2) is 4.79 Å². The summed E-state index contributed by atoms with van der Waals surface area (Å²) in [6.07, 6.45) is -0.974. The zero-order chi connectivity index (χ0) is 26.2. The lowest BCUT2D eigenvalue weighted by atomic mass is 10.1. The van der Waals surface area contributed by atoms with Gasteiger partial charge in [-0.3, -0.25) is 9.69 Å². The number of hydrogen-bond acceptors (Lipinski definition) is 5. The molecule has 0 bridgehead atoms. The number of benzene rings is 3. The lowest BCUT2D eigenvalue weighted by molar-refractivity contribution is 0.0396. The number of amides is 2. The fourth-order valence-corrected chi connectivity index (χ4v) is 4.74. The molecule has 1 heterocycles. The van der Waals surface area contributed by atoms with Crippen LogP contribution in [0, 0.1) is 0 Å². The Morgan fingerprint density at radius 1 is 0.946 bits per heavy atom. The Morgan fingerprint density at radius 2 is 1.65 bits per heavy atom. The molecule has 0 aliphatic carbocycles. The molecule has 1 saturated heterocycles. The van der Waals surface area contributed by atoms with Gasteiger partial charge in [0.05, 0.1) is 20.3 Å². The largest absolute Gasteiger partial charge is 0.497 e. The first-order valence-corrected chi connectivity index (χ1v) is 12.3. The van der Waals surface area contributed by atoms with E-state index in [0.29, 0.717) is 36.7 Å². The summed E-state index contributed by atoms with van der Waals surface area (Å²) in [7, 11) is 3.17. The van der Waals surface area contributed by atoms with Crippen molar-refractivity contribution in [2.75, 3.05) is 40.4 Å². The molecule has 1 atom stereocenters. The maximum Gasteiger partial charge on any atom is 0.407 e. The Bertz CT molecular complexity index is 1190. The summed E-state index contributed by atoms with van der Waals surface area (Å²) in [6, 6.07) is 24.3. The smallest absolute Gasteiger partial charge is 0.407 e. The van der Waals surface area contributed by atoms with Crippen molar-refractivity contribution < 1.29 is 24.2 Å². The third-order valence-corrected chi connectivity index (χ3v) is 6.66. The quantitative estimate of drug-likeness (QED) is 0.471. The molecule has 1 aliphatic heterocycles. The van der Waals surface area contributed by atoms with E-state index in [9.17, 15) is 14.7 Å². The number of piperazine rings is 1. The van der Waals surface area contributed by atoms with Gasteiger partial charge in [0.25, 0.3) is 5.91 Å². The third-order valence-electron chi connectivity index (χ3n) is 6.66. The van der Waals surface area contributed by atoms with Crippen molar-refractivity contribution >= 4 is 12.0 Å². The fourth-order valence-electron chi connectivity index (χ4n) is 4.74. The second-order valence-corrected chi connectivity index (χ2v) is 9.08. The van der Waals surface area contributed by atoms with Crippen molar-refractivity contribution in [3.05, 3.63) is 95.6 Å². The maximum absolute atomic E-state index is 13.7. The van der Waals surface area contributed by atoms with Crippen LogP contribution in [0.3, 0.4) is 0 Å². The monoisotopic (exact) mass is 503 g/mol. The molecule has 2 amide bonds. The second kappa shape index (κ2) is 12.3. The van der Waals surface area contributed by atoms with E-state index in [1.807, 2.05) is 48.5 Å². The predicted octanol–water partition coefficient (Wildman–Crippen LogP) is 4.21. The van der Waals surface area contributed by atoms with Crippen LogP contribution in [0.5, 0.6) is 11.5 Å². The SMILES string of the molecule is COc1ccc(CN(C[C@@H]2CN(Cc3ccccc3)CCN2C(=O)O)C(=O)c2ccccc2)c(OC)c1. The van der Waals surface area contributed by atoms with Crippen molar-refractivity contribution in [2.45, 2.75) is 19.1 Å². The minimum Gasteiger partial charge on any atom is -0.497 e. The number of ether oxygens (including phenoxy) is 2. The standard InChI is InChI=1S/C29H33N3O5/c1-36-26-14-13-24(27(17-26)37-2)19-31(28(33)23-11-7-4-8-12-23)21-25-20-30(15-16-32(25)29(34)35)18-22-9-5-3-6-10-22/h3-14,17,25H,15-16,18-21H2,1-2H3,(H,34,35)/t25-/m0/s1. The molecule has 0 spiro atoms. The van der Waals surface area contributed by atoms with Crippen molar-refractivity contribution in [3.8, 4) is 11.5 Å². The first-order valence-electron chi connectivity index (χ1n) is 12.3. The Morgan fingerprint density at radius 3 is 2.30 bits per heavy atom. The molecular weight excluding hydrogens is 470 g/mol. The van der Waals surface area contributed by atoms with Crippen LogP contribution < -0.4 is 9.47 Å². The van der Waals surface area contributed by atoms with Crippen molar-refractivity contribution in [1.82, 2.24) is 14.7 Å². The summed E-state index contributed by atoms with van der Waals surface area (Å²) in [4.78, 5) is 31.2. The molecule has 37 heavy (non-hydrogen) atoms. The first-order chi connectivity index (χ1) is 18.0. The molecule has 8 nitrogen and oxygen atoms in total. The number of carbonyl (C=O) groups is 2. The number of carboxylic acid groups (broad SMARTS) is 1. The molecule has 1 aliphatic rings. The van der Waals surface area contributed by atoms with E-state index in [1.165, 1.54) is 10.5 Å². The minimum atomic E-state index is -0.974. The van der Waals surface area contributed by atoms with Gasteiger partial charge in [-0.1, -0.05) is 48.5 Å². The molecule has 1 N–H and O–H groups in total. The van der Waals surface area contributed by atoms with Crippen LogP contribution in [-0.2, 0) is 13.1 Å². The average molecular weight is 504 g/mol. The Balaban J connectivity index is 1.61. The summed E-state index contributed by atoms with van der Waals surface area (Å²) >= 11 is 0. The predicted molar refractivity (Wildman–Crippen MR) is 141 cm³/mol. The average Bonchev–Trinajstić information content (AvgIpc) is 2.93. The van der Waals surface area contributed by atoms with Crippen LogP contribution in [-0.4, -0.2) is 78.2 Å². The fraction of sp³-hybridized carbons (Fsp3) is 0.310. The van der Waals surface area contributed by atoms with Crippen LogP contribution in [0.2, 0.25) is 0 Å². The highest BCUT2D eigenvalue weighted by Gasteiger charge is 2.33. The molecule has 0 unspecified atom stereocenters. The van der Waals surface area contributed by atoms with Crippen molar-refractivity contribution in [3.63, 3.8) is 0 Å². The normalized spacial score (nSPS) is 15.7. The van der Waals surface area contributed by atoms with Gasteiger partial charge in [0, 0.05) is 56.5 Å². The molecule has 0 radical (unpaired) electrons.